The minimum atomic E-state index is -2.56. The predicted molar refractivity (Wildman–Crippen MR) is 26.9 cm³/mol. The summed E-state index contributed by atoms with van der Waals surface area (Å²) in [4.78, 5) is 16.5. The van der Waals surface area contributed by atoms with Gasteiger partial charge in [-0.25, -0.2) is 4.39 Å². The fourth-order valence-corrected chi connectivity index (χ4v) is 0.310. The Morgan fingerprint density at radius 2 is 1.60 bits per heavy atom. The molecule has 10 heavy (non-hydrogen) atoms. The van der Waals surface area contributed by atoms with E-state index >= 15 is 0 Å². The zero-order chi connectivity index (χ0) is 8.31. The van der Waals surface area contributed by atoms with Gasteiger partial charge in [-0.05, 0) is 0 Å². The Bertz CT molecular complexity index is 145. The molecular formula is C2H4FN3O4. The SMILES string of the molecule is NC(F)C([N+](=O)[O-])[N+](=O)[O-]. The van der Waals surface area contributed by atoms with Crippen LogP contribution in [-0.4, -0.2) is 22.3 Å². The number of hydrogen-bond acceptors (Lipinski definition) is 5. The summed E-state index contributed by atoms with van der Waals surface area (Å²) in [5, 5.41) is 19.3. The van der Waals surface area contributed by atoms with Crippen LogP contribution in [0, 0.1) is 20.2 Å². The van der Waals surface area contributed by atoms with Gasteiger partial charge in [0.2, 0.25) is 0 Å². The fraction of sp³-hybridized carbons (Fsp3) is 1.00. The lowest BCUT2D eigenvalue weighted by atomic mass is 10.5. The maximum Gasteiger partial charge on any atom is 0.493 e. The summed E-state index contributed by atoms with van der Waals surface area (Å²) in [6.45, 7) is 0. The quantitative estimate of drug-likeness (QED) is 0.245. The predicted octanol–water partition coefficient (Wildman–Crippen LogP) is -0.880. The van der Waals surface area contributed by atoms with Crippen molar-refractivity contribution in [3.05, 3.63) is 20.2 Å². The number of rotatable bonds is 3. The van der Waals surface area contributed by atoms with Crippen LogP contribution in [0.2, 0.25) is 0 Å². The van der Waals surface area contributed by atoms with Crippen LogP contribution < -0.4 is 5.73 Å². The first-order chi connectivity index (χ1) is 4.46. The molecule has 0 aromatic heterocycles. The highest BCUT2D eigenvalue weighted by Crippen LogP contribution is 1.96. The Hall–Kier alpha value is -1.31. The second kappa shape index (κ2) is 3.01. The molecule has 0 amide bonds. The average Bonchev–Trinajstić information content (AvgIpc) is 1.59. The van der Waals surface area contributed by atoms with Gasteiger partial charge < -0.3 is 0 Å². The molecule has 0 saturated heterocycles. The molecule has 1 atom stereocenters. The molecule has 0 rings (SSSR count). The Morgan fingerprint density at radius 1 is 1.30 bits per heavy atom. The van der Waals surface area contributed by atoms with Gasteiger partial charge in [-0.2, -0.15) is 0 Å². The molecule has 0 aliphatic rings. The maximum atomic E-state index is 11.8. The van der Waals surface area contributed by atoms with E-state index in [0.29, 0.717) is 0 Å². The molecule has 0 aromatic carbocycles. The van der Waals surface area contributed by atoms with Gasteiger partial charge in [-0.1, -0.05) is 0 Å². The van der Waals surface area contributed by atoms with E-state index < -0.39 is 22.3 Å². The van der Waals surface area contributed by atoms with E-state index in [1.54, 1.807) is 0 Å². The van der Waals surface area contributed by atoms with E-state index in [1.807, 2.05) is 0 Å². The summed E-state index contributed by atoms with van der Waals surface area (Å²) >= 11 is 0. The van der Waals surface area contributed by atoms with Gasteiger partial charge in [0, 0.05) is 0 Å². The molecule has 0 heterocycles. The van der Waals surface area contributed by atoms with Gasteiger partial charge in [0.25, 0.3) is 6.30 Å². The summed E-state index contributed by atoms with van der Waals surface area (Å²) in [5.41, 5.74) is 4.29. The van der Waals surface area contributed by atoms with Crippen molar-refractivity contribution in [1.29, 1.82) is 0 Å². The standard InChI is InChI=1S/C2H4FN3O4/c3-1(4)2(5(7)8)6(9)10/h1-2H,4H2. The third-order valence-corrected chi connectivity index (χ3v) is 0.717. The average molecular weight is 153 g/mol. The van der Waals surface area contributed by atoms with Crippen molar-refractivity contribution in [3.63, 3.8) is 0 Å². The first-order valence-corrected chi connectivity index (χ1v) is 2.13. The number of nitrogens with two attached hydrogens (primary N) is 1. The monoisotopic (exact) mass is 153 g/mol. The minimum absolute atomic E-state index is 1.38. The lowest BCUT2D eigenvalue weighted by molar-refractivity contribution is -0.749. The van der Waals surface area contributed by atoms with Crippen molar-refractivity contribution in [3.8, 4) is 0 Å². The van der Waals surface area contributed by atoms with Crippen molar-refractivity contribution in [2.45, 2.75) is 12.5 Å². The summed E-state index contributed by atoms with van der Waals surface area (Å²) in [6, 6.07) is 0. The van der Waals surface area contributed by atoms with E-state index in [4.69, 9.17) is 0 Å². The maximum absolute atomic E-state index is 11.8. The smallest absolute Gasteiger partial charge is 0.289 e. The van der Waals surface area contributed by atoms with E-state index in [9.17, 15) is 24.6 Å². The van der Waals surface area contributed by atoms with Crippen molar-refractivity contribution in [1.82, 2.24) is 0 Å². The topological polar surface area (TPSA) is 112 Å². The molecule has 2 N–H and O–H groups in total. The summed E-state index contributed by atoms with van der Waals surface area (Å²) < 4.78 is 11.8. The molecule has 0 aliphatic carbocycles. The van der Waals surface area contributed by atoms with E-state index in [0.717, 1.165) is 0 Å². The summed E-state index contributed by atoms with van der Waals surface area (Å²) in [6.07, 6.45) is -5.12. The van der Waals surface area contributed by atoms with Gasteiger partial charge in [0.1, 0.15) is 9.85 Å². The first-order valence-electron chi connectivity index (χ1n) is 2.13. The van der Waals surface area contributed by atoms with Crippen LogP contribution in [0.4, 0.5) is 4.39 Å². The first kappa shape index (κ1) is 8.69. The van der Waals surface area contributed by atoms with Crippen molar-refractivity contribution in [2.75, 3.05) is 0 Å². The Kier molecular flexibility index (Phi) is 2.62. The second-order valence-electron chi connectivity index (χ2n) is 1.43. The molecule has 0 aliphatic heterocycles. The molecule has 1 unspecified atom stereocenters. The number of nitro groups is 2. The van der Waals surface area contributed by atoms with Crippen LogP contribution in [0.25, 0.3) is 0 Å². The number of halogens is 1. The van der Waals surface area contributed by atoms with E-state index in [2.05, 4.69) is 5.73 Å². The van der Waals surface area contributed by atoms with E-state index in [1.165, 1.54) is 0 Å². The zero-order valence-corrected chi connectivity index (χ0v) is 4.64. The third-order valence-electron chi connectivity index (χ3n) is 0.717. The zero-order valence-electron chi connectivity index (χ0n) is 4.64. The van der Waals surface area contributed by atoms with Crippen molar-refractivity contribution in [2.24, 2.45) is 5.73 Å². The largest absolute Gasteiger partial charge is 0.493 e. The van der Waals surface area contributed by atoms with Crippen LogP contribution in [0.5, 0.6) is 0 Å². The van der Waals surface area contributed by atoms with Gasteiger partial charge >= 0.3 is 6.17 Å². The number of nitrogens with zero attached hydrogens (tertiary/aromatic N) is 2. The van der Waals surface area contributed by atoms with Gasteiger partial charge in [0.05, 0.1) is 0 Å². The van der Waals surface area contributed by atoms with Crippen LogP contribution in [-0.2, 0) is 0 Å². The third kappa shape index (κ3) is 1.90. The summed E-state index contributed by atoms with van der Waals surface area (Å²) in [7, 11) is 0. The molecule has 0 saturated carbocycles. The normalized spacial score (nSPS) is 13.1. The van der Waals surface area contributed by atoms with Gasteiger partial charge in [-0.3, -0.25) is 26.0 Å². The van der Waals surface area contributed by atoms with Crippen LogP contribution in [0.3, 0.4) is 0 Å². The molecule has 0 aromatic rings. The van der Waals surface area contributed by atoms with Gasteiger partial charge in [0.15, 0.2) is 0 Å². The second-order valence-corrected chi connectivity index (χ2v) is 1.43. The van der Waals surface area contributed by atoms with Crippen LogP contribution >= 0.6 is 0 Å². The van der Waals surface area contributed by atoms with E-state index in [-0.39, 0.29) is 0 Å². The van der Waals surface area contributed by atoms with Gasteiger partial charge in [-0.15, -0.1) is 0 Å². The molecule has 0 bridgehead atoms. The Labute approximate surface area is 53.9 Å². The molecule has 0 fully saturated rings. The molecule has 58 valence electrons. The minimum Gasteiger partial charge on any atom is -0.289 e. The highest BCUT2D eigenvalue weighted by atomic mass is 19.1. The molecule has 8 heteroatoms. The fourth-order valence-electron chi connectivity index (χ4n) is 0.310. The lowest BCUT2D eigenvalue weighted by Crippen LogP contribution is -2.42. The number of hydrogen-bond donors (Lipinski definition) is 1. The molecule has 7 nitrogen and oxygen atoms in total. The lowest BCUT2D eigenvalue weighted by Gasteiger charge is -2.00. The van der Waals surface area contributed by atoms with Crippen molar-refractivity contribution >= 4 is 0 Å². The molecule has 0 spiro atoms. The Balaban J connectivity index is 4.27. The van der Waals surface area contributed by atoms with Crippen molar-refractivity contribution < 1.29 is 14.2 Å². The number of alkyl halides is 1. The van der Waals surface area contributed by atoms with Crippen LogP contribution in [0.1, 0.15) is 0 Å². The molecule has 0 radical (unpaired) electrons. The summed E-state index contributed by atoms with van der Waals surface area (Å²) in [5.74, 6) is 0. The molecular weight excluding hydrogens is 149 g/mol. The Morgan fingerprint density at radius 3 is 1.60 bits per heavy atom. The van der Waals surface area contributed by atoms with Crippen LogP contribution in [0.15, 0.2) is 0 Å². The highest BCUT2D eigenvalue weighted by Gasteiger charge is 2.40. The highest BCUT2D eigenvalue weighted by molar-refractivity contribution is 4.47.